The van der Waals surface area contributed by atoms with Crippen molar-refractivity contribution in [2.45, 2.75) is 25.5 Å². The fraction of sp³-hybridized carbons (Fsp3) is 0.400. The summed E-state index contributed by atoms with van der Waals surface area (Å²) >= 11 is 3.38. The van der Waals surface area contributed by atoms with Gasteiger partial charge in [-0.3, -0.25) is 0 Å². The lowest BCUT2D eigenvalue weighted by Gasteiger charge is -2.08. The van der Waals surface area contributed by atoms with Gasteiger partial charge in [0.1, 0.15) is 19.0 Å². The average molecular weight is 390 g/mol. The van der Waals surface area contributed by atoms with Crippen LogP contribution in [0.15, 0.2) is 39.3 Å². The van der Waals surface area contributed by atoms with E-state index in [0.29, 0.717) is 30.9 Å². The van der Waals surface area contributed by atoms with Crippen LogP contribution in [0.3, 0.4) is 0 Å². The van der Waals surface area contributed by atoms with Gasteiger partial charge in [-0.05, 0) is 48.8 Å². The Morgan fingerprint density at radius 1 is 1.27 bits per heavy atom. The van der Waals surface area contributed by atoms with E-state index in [1.54, 1.807) is 6.07 Å². The predicted octanol–water partition coefficient (Wildman–Crippen LogP) is 3.57. The third-order valence-corrected chi connectivity index (χ3v) is 3.86. The van der Waals surface area contributed by atoms with Crippen LogP contribution in [0.1, 0.15) is 18.6 Å². The smallest absolute Gasteiger partial charge is 0.254 e. The zero-order valence-electron chi connectivity index (χ0n) is 12.0. The molecule has 0 spiro atoms. The summed E-state index contributed by atoms with van der Waals surface area (Å²) in [4.78, 5) is 0. The Kier molecular flexibility index (Phi) is 6.54. The van der Waals surface area contributed by atoms with E-state index in [4.69, 9.17) is 14.0 Å². The van der Waals surface area contributed by atoms with E-state index < -0.39 is 0 Å². The molecule has 3 rings (SSSR count). The molecule has 1 aromatic heterocycles. The Labute approximate surface area is 143 Å². The summed E-state index contributed by atoms with van der Waals surface area (Å²) < 4.78 is 17.4. The summed E-state index contributed by atoms with van der Waals surface area (Å²) in [7, 11) is 0. The normalized spacial score (nSPS) is 17.0. The molecule has 2 heterocycles. The third kappa shape index (κ3) is 4.90. The number of halogens is 2. The molecule has 1 aliphatic heterocycles. The van der Waals surface area contributed by atoms with Gasteiger partial charge >= 0.3 is 0 Å². The van der Waals surface area contributed by atoms with E-state index in [0.717, 1.165) is 23.2 Å². The molecule has 0 unspecified atom stereocenters. The molecule has 7 heteroatoms. The number of hydrogen-bond donors (Lipinski definition) is 1. The van der Waals surface area contributed by atoms with E-state index >= 15 is 0 Å². The maximum Gasteiger partial charge on any atom is 0.254 e. The van der Waals surface area contributed by atoms with Crippen LogP contribution in [-0.4, -0.2) is 24.4 Å². The molecule has 1 fully saturated rings. The maximum atomic E-state index is 5.62. The fourth-order valence-corrected chi connectivity index (χ4v) is 2.46. The largest absolute Gasteiger partial charge is 0.486 e. The lowest BCUT2D eigenvalue weighted by molar-refractivity contribution is 0.230. The summed E-state index contributed by atoms with van der Waals surface area (Å²) in [5.74, 6) is 1.94. The van der Waals surface area contributed by atoms with Crippen molar-refractivity contribution in [1.29, 1.82) is 0 Å². The quantitative estimate of drug-likeness (QED) is 0.818. The highest BCUT2D eigenvalue weighted by Gasteiger charge is 2.15. The van der Waals surface area contributed by atoms with Crippen LogP contribution in [0.2, 0.25) is 0 Å². The van der Waals surface area contributed by atoms with Crippen LogP contribution in [0.4, 0.5) is 0 Å². The molecule has 5 nitrogen and oxygen atoms in total. The Bertz CT molecular complexity index is 570. The fourth-order valence-electron chi connectivity index (χ4n) is 2.20. The van der Waals surface area contributed by atoms with Crippen molar-refractivity contribution >= 4 is 28.3 Å². The second-order valence-electron chi connectivity index (χ2n) is 4.98. The SMILES string of the molecule is Brc1ccc(OCc2cc(OC[C@@H]3CCCN3)no2)cc1.Cl. The van der Waals surface area contributed by atoms with E-state index in [1.807, 2.05) is 24.3 Å². The number of nitrogens with one attached hydrogen (secondary N) is 1. The van der Waals surface area contributed by atoms with Gasteiger partial charge in [0, 0.05) is 16.6 Å². The minimum atomic E-state index is 0. The van der Waals surface area contributed by atoms with Crippen LogP contribution in [0, 0.1) is 0 Å². The highest BCUT2D eigenvalue weighted by atomic mass is 79.9. The standard InChI is InChI=1S/C15H17BrN2O3.ClH/c16-11-3-5-13(6-4-11)19-10-14-8-15(18-21-14)20-9-12-2-1-7-17-12;/h3-6,8,12,17H,1-2,7,9-10H2;1H/t12-;/m0./s1. The number of ether oxygens (including phenoxy) is 2. The zero-order valence-corrected chi connectivity index (χ0v) is 14.4. The zero-order chi connectivity index (χ0) is 14.5. The van der Waals surface area contributed by atoms with Crippen molar-refractivity contribution in [3.8, 4) is 11.6 Å². The Hall–Kier alpha value is -1.24. The molecule has 0 amide bonds. The van der Waals surface area contributed by atoms with Crippen molar-refractivity contribution in [2.24, 2.45) is 0 Å². The lowest BCUT2D eigenvalue weighted by Crippen LogP contribution is -2.28. The van der Waals surface area contributed by atoms with Gasteiger partial charge < -0.3 is 19.3 Å². The molecule has 0 saturated carbocycles. The summed E-state index contributed by atoms with van der Waals surface area (Å²) in [6.45, 7) is 2.03. The van der Waals surface area contributed by atoms with Crippen molar-refractivity contribution in [2.75, 3.05) is 13.2 Å². The minimum absolute atomic E-state index is 0. The second kappa shape index (κ2) is 8.41. The Morgan fingerprint density at radius 2 is 2.09 bits per heavy atom. The lowest BCUT2D eigenvalue weighted by atomic mass is 10.2. The van der Waals surface area contributed by atoms with E-state index in [-0.39, 0.29) is 12.4 Å². The molecule has 0 radical (unpaired) electrons. The van der Waals surface area contributed by atoms with Crippen LogP contribution in [0.25, 0.3) is 0 Å². The first-order valence-corrected chi connectivity index (χ1v) is 7.79. The highest BCUT2D eigenvalue weighted by Crippen LogP contribution is 2.19. The van der Waals surface area contributed by atoms with Crippen molar-refractivity contribution < 1.29 is 14.0 Å². The molecule has 1 N–H and O–H groups in total. The summed E-state index contributed by atoms with van der Waals surface area (Å²) in [6, 6.07) is 9.84. The summed E-state index contributed by atoms with van der Waals surface area (Å²) in [6.07, 6.45) is 2.36. The van der Waals surface area contributed by atoms with Gasteiger partial charge in [-0.1, -0.05) is 15.9 Å². The molecular formula is C15H18BrClN2O3. The van der Waals surface area contributed by atoms with Crippen molar-refractivity contribution in [3.63, 3.8) is 0 Å². The van der Waals surface area contributed by atoms with E-state index in [9.17, 15) is 0 Å². The molecule has 120 valence electrons. The van der Waals surface area contributed by atoms with Gasteiger partial charge in [-0.25, -0.2) is 0 Å². The van der Waals surface area contributed by atoms with Gasteiger partial charge in [0.15, 0.2) is 5.76 Å². The molecule has 0 aliphatic carbocycles. The highest BCUT2D eigenvalue weighted by molar-refractivity contribution is 9.10. The molecule has 0 bridgehead atoms. The average Bonchev–Trinajstić information content (AvgIpc) is 3.16. The summed E-state index contributed by atoms with van der Waals surface area (Å²) in [5, 5.41) is 7.26. The number of rotatable bonds is 6. The second-order valence-corrected chi connectivity index (χ2v) is 5.89. The topological polar surface area (TPSA) is 56.5 Å². The molecule has 1 atom stereocenters. The molecule has 1 aliphatic rings. The number of hydrogen-bond acceptors (Lipinski definition) is 5. The van der Waals surface area contributed by atoms with Crippen molar-refractivity contribution in [3.05, 3.63) is 40.6 Å². The number of nitrogens with zero attached hydrogens (tertiary/aromatic N) is 1. The van der Waals surface area contributed by atoms with Crippen LogP contribution in [-0.2, 0) is 6.61 Å². The van der Waals surface area contributed by atoms with Crippen LogP contribution in [0.5, 0.6) is 11.6 Å². The molecule has 1 saturated heterocycles. The monoisotopic (exact) mass is 388 g/mol. The Morgan fingerprint density at radius 3 is 2.82 bits per heavy atom. The Balaban J connectivity index is 0.00000176. The first-order chi connectivity index (χ1) is 10.3. The predicted molar refractivity (Wildman–Crippen MR) is 88.7 cm³/mol. The van der Waals surface area contributed by atoms with Gasteiger partial charge in [0.05, 0.1) is 0 Å². The first kappa shape index (κ1) is 17.1. The van der Waals surface area contributed by atoms with Gasteiger partial charge in [0.25, 0.3) is 5.88 Å². The van der Waals surface area contributed by atoms with Crippen LogP contribution < -0.4 is 14.8 Å². The molecule has 1 aromatic carbocycles. The van der Waals surface area contributed by atoms with E-state index in [2.05, 4.69) is 26.4 Å². The number of benzene rings is 1. The van der Waals surface area contributed by atoms with Gasteiger partial charge in [0.2, 0.25) is 0 Å². The van der Waals surface area contributed by atoms with E-state index in [1.165, 1.54) is 6.42 Å². The first-order valence-electron chi connectivity index (χ1n) is 7.00. The molecular weight excluding hydrogens is 372 g/mol. The summed E-state index contributed by atoms with van der Waals surface area (Å²) in [5.41, 5.74) is 0. The number of aromatic nitrogens is 1. The molecule has 22 heavy (non-hydrogen) atoms. The minimum Gasteiger partial charge on any atom is -0.486 e. The van der Waals surface area contributed by atoms with Crippen LogP contribution >= 0.6 is 28.3 Å². The van der Waals surface area contributed by atoms with Gasteiger partial charge in [-0.2, -0.15) is 0 Å². The van der Waals surface area contributed by atoms with Gasteiger partial charge in [-0.15, -0.1) is 12.4 Å². The maximum absolute atomic E-state index is 5.62. The van der Waals surface area contributed by atoms with Crippen molar-refractivity contribution in [1.82, 2.24) is 10.5 Å². The third-order valence-electron chi connectivity index (χ3n) is 3.33. The molecule has 2 aromatic rings.